The maximum atomic E-state index is 11.7. The summed E-state index contributed by atoms with van der Waals surface area (Å²) in [5, 5.41) is 8.47. The first-order valence-corrected chi connectivity index (χ1v) is 7.62. The number of nitrogens with one attached hydrogen (secondary N) is 1. The van der Waals surface area contributed by atoms with Crippen molar-refractivity contribution in [3.8, 4) is 0 Å². The molecule has 1 saturated carbocycles. The molecular weight excluding hydrogens is 226 g/mol. The van der Waals surface area contributed by atoms with Crippen molar-refractivity contribution in [1.82, 2.24) is 4.72 Å². The summed E-state index contributed by atoms with van der Waals surface area (Å²) in [5.41, 5.74) is 0. The predicted molar refractivity (Wildman–Crippen MR) is 64.6 cm³/mol. The minimum atomic E-state index is -3.13. The second-order valence-electron chi connectivity index (χ2n) is 4.94. The minimum Gasteiger partial charge on any atom is -0.396 e. The van der Waals surface area contributed by atoms with Crippen LogP contribution in [-0.2, 0) is 10.0 Å². The molecule has 0 radical (unpaired) electrons. The van der Waals surface area contributed by atoms with Crippen LogP contribution in [-0.4, -0.2) is 31.4 Å². The fourth-order valence-corrected chi connectivity index (χ4v) is 3.09. The number of sulfonamides is 1. The van der Waals surface area contributed by atoms with Gasteiger partial charge in [0.2, 0.25) is 10.0 Å². The lowest BCUT2D eigenvalue weighted by Crippen LogP contribution is -2.41. The summed E-state index contributed by atoms with van der Waals surface area (Å²) in [6, 6.07) is 0.0994. The maximum Gasteiger partial charge on any atom is 0.214 e. The van der Waals surface area contributed by atoms with E-state index in [1.807, 2.05) is 0 Å². The van der Waals surface area contributed by atoms with E-state index in [2.05, 4.69) is 4.72 Å². The zero-order chi connectivity index (χ0) is 12.2. The van der Waals surface area contributed by atoms with Gasteiger partial charge in [-0.25, -0.2) is 13.1 Å². The third-order valence-corrected chi connectivity index (χ3v) is 5.24. The molecule has 1 aliphatic rings. The molecule has 0 saturated heterocycles. The summed E-state index contributed by atoms with van der Waals surface area (Å²) in [6.45, 7) is 3.63. The number of aliphatic hydroxyl groups is 1. The number of hydrogen-bond acceptors (Lipinski definition) is 3. The van der Waals surface area contributed by atoms with Gasteiger partial charge in [0.15, 0.2) is 0 Å². The summed E-state index contributed by atoms with van der Waals surface area (Å²) in [4.78, 5) is 0. The molecule has 2 N–H and O–H groups in total. The van der Waals surface area contributed by atoms with Crippen LogP contribution in [0.2, 0.25) is 0 Å². The van der Waals surface area contributed by atoms with Gasteiger partial charge >= 0.3 is 0 Å². The molecule has 1 rings (SSSR count). The molecule has 16 heavy (non-hydrogen) atoms. The Morgan fingerprint density at radius 1 is 1.25 bits per heavy atom. The second kappa shape index (κ2) is 5.98. The molecule has 0 atom stereocenters. The molecule has 0 heterocycles. The van der Waals surface area contributed by atoms with Crippen molar-refractivity contribution in [1.29, 1.82) is 0 Å². The van der Waals surface area contributed by atoms with E-state index in [0.29, 0.717) is 5.92 Å². The first-order chi connectivity index (χ1) is 7.45. The molecule has 0 aromatic carbocycles. The highest BCUT2D eigenvalue weighted by Gasteiger charge is 2.25. The Bertz CT molecular complexity index is 292. The molecule has 1 aliphatic carbocycles. The van der Waals surface area contributed by atoms with E-state index in [1.54, 1.807) is 13.8 Å². The molecule has 1 fully saturated rings. The van der Waals surface area contributed by atoms with Crippen LogP contribution in [0.15, 0.2) is 0 Å². The largest absolute Gasteiger partial charge is 0.396 e. The van der Waals surface area contributed by atoms with Gasteiger partial charge in [-0.3, -0.25) is 0 Å². The number of rotatable bonds is 5. The summed E-state index contributed by atoms with van der Waals surface area (Å²) in [7, 11) is -3.13. The topological polar surface area (TPSA) is 66.4 Å². The van der Waals surface area contributed by atoms with Gasteiger partial charge in [0.05, 0.1) is 5.25 Å². The first kappa shape index (κ1) is 13.9. The molecule has 0 aromatic rings. The fourth-order valence-electron chi connectivity index (χ4n) is 2.12. The molecule has 0 unspecified atom stereocenters. The molecule has 0 amide bonds. The van der Waals surface area contributed by atoms with Crippen molar-refractivity contribution in [3.05, 3.63) is 0 Å². The van der Waals surface area contributed by atoms with Crippen LogP contribution in [0.5, 0.6) is 0 Å². The van der Waals surface area contributed by atoms with Crippen LogP contribution in [0, 0.1) is 5.92 Å². The molecule has 0 spiro atoms. The Hall–Kier alpha value is -0.130. The highest BCUT2D eigenvalue weighted by Crippen LogP contribution is 2.27. The smallest absolute Gasteiger partial charge is 0.214 e. The van der Waals surface area contributed by atoms with Gasteiger partial charge in [-0.2, -0.15) is 0 Å². The van der Waals surface area contributed by atoms with E-state index in [0.717, 1.165) is 32.1 Å². The molecule has 5 heteroatoms. The predicted octanol–water partition coefficient (Wildman–Crippen LogP) is 1.26. The van der Waals surface area contributed by atoms with Gasteiger partial charge in [-0.05, 0) is 51.9 Å². The van der Waals surface area contributed by atoms with E-state index in [1.165, 1.54) is 0 Å². The first-order valence-electron chi connectivity index (χ1n) is 6.07. The van der Waals surface area contributed by atoms with Crippen LogP contribution >= 0.6 is 0 Å². The van der Waals surface area contributed by atoms with Crippen LogP contribution in [0.4, 0.5) is 0 Å². The highest BCUT2D eigenvalue weighted by molar-refractivity contribution is 7.90. The van der Waals surface area contributed by atoms with E-state index >= 15 is 0 Å². The monoisotopic (exact) mass is 249 g/mol. The van der Waals surface area contributed by atoms with Crippen LogP contribution in [0.25, 0.3) is 0 Å². The third-order valence-electron chi connectivity index (χ3n) is 3.34. The summed E-state index contributed by atoms with van der Waals surface area (Å²) >= 11 is 0. The van der Waals surface area contributed by atoms with Gasteiger partial charge in [0.25, 0.3) is 0 Å². The summed E-state index contributed by atoms with van der Waals surface area (Å²) in [5.74, 6) is 0.574. The normalized spacial score (nSPS) is 27.2. The Kier molecular flexibility index (Phi) is 5.21. The van der Waals surface area contributed by atoms with Crippen molar-refractivity contribution in [2.24, 2.45) is 5.92 Å². The van der Waals surface area contributed by atoms with E-state index in [9.17, 15) is 8.42 Å². The molecule has 4 nitrogen and oxygen atoms in total. The van der Waals surface area contributed by atoms with Gasteiger partial charge in [0.1, 0.15) is 0 Å². The number of hydrogen-bond donors (Lipinski definition) is 2. The Labute approximate surface area is 98.5 Å². The zero-order valence-electron chi connectivity index (χ0n) is 10.1. The lowest BCUT2D eigenvalue weighted by atomic mass is 9.85. The van der Waals surface area contributed by atoms with Crippen LogP contribution in [0.1, 0.15) is 46.0 Å². The van der Waals surface area contributed by atoms with Crippen molar-refractivity contribution in [2.45, 2.75) is 57.2 Å². The van der Waals surface area contributed by atoms with Crippen molar-refractivity contribution in [2.75, 3.05) is 6.61 Å². The summed E-state index contributed by atoms with van der Waals surface area (Å²) in [6.07, 6.45) is 4.69. The lowest BCUT2D eigenvalue weighted by molar-refractivity contribution is 0.219. The maximum absolute atomic E-state index is 11.7. The SMILES string of the molecule is CC(C)S(=O)(=O)NC1CCC(CCO)CC1. The van der Waals surface area contributed by atoms with Crippen molar-refractivity contribution >= 4 is 10.0 Å². The molecule has 0 aromatic heterocycles. The molecular formula is C11H23NO3S. The van der Waals surface area contributed by atoms with Crippen LogP contribution < -0.4 is 4.72 Å². The average molecular weight is 249 g/mol. The summed E-state index contributed by atoms with van der Waals surface area (Å²) < 4.78 is 26.1. The molecule has 96 valence electrons. The molecule has 0 aliphatic heterocycles. The lowest BCUT2D eigenvalue weighted by Gasteiger charge is -2.29. The average Bonchev–Trinajstić information content (AvgIpc) is 2.21. The minimum absolute atomic E-state index is 0.0994. The zero-order valence-corrected chi connectivity index (χ0v) is 11.0. The van der Waals surface area contributed by atoms with Gasteiger partial charge < -0.3 is 5.11 Å². The standard InChI is InChI=1S/C11H23NO3S/c1-9(2)16(14,15)12-11-5-3-10(4-6-11)7-8-13/h9-13H,3-8H2,1-2H3. The highest BCUT2D eigenvalue weighted by atomic mass is 32.2. The Morgan fingerprint density at radius 2 is 1.81 bits per heavy atom. The van der Waals surface area contributed by atoms with Crippen LogP contribution in [0.3, 0.4) is 0 Å². The van der Waals surface area contributed by atoms with Crippen molar-refractivity contribution < 1.29 is 13.5 Å². The Morgan fingerprint density at radius 3 is 2.25 bits per heavy atom. The van der Waals surface area contributed by atoms with Crippen molar-refractivity contribution in [3.63, 3.8) is 0 Å². The van der Waals surface area contributed by atoms with Gasteiger partial charge in [-0.1, -0.05) is 0 Å². The van der Waals surface area contributed by atoms with E-state index in [-0.39, 0.29) is 17.9 Å². The Balaban J connectivity index is 2.38. The third kappa shape index (κ3) is 4.03. The number of aliphatic hydroxyl groups excluding tert-OH is 1. The molecule has 0 bridgehead atoms. The van der Waals surface area contributed by atoms with E-state index < -0.39 is 10.0 Å². The van der Waals surface area contributed by atoms with Gasteiger partial charge in [-0.15, -0.1) is 0 Å². The quantitative estimate of drug-likeness (QED) is 0.771. The second-order valence-corrected chi connectivity index (χ2v) is 7.21. The van der Waals surface area contributed by atoms with E-state index in [4.69, 9.17) is 5.11 Å². The fraction of sp³-hybridized carbons (Fsp3) is 1.00. The van der Waals surface area contributed by atoms with Gasteiger partial charge in [0, 0.05) is 12.6 Å².